The zero-order chi connectivity index (χ0) is 19.7. The highest BCUT2D eigenvalue weighted by atomic mass is 16.4. The van der Waals surface area contributed by atoms with Crippen LogP contribution in [0.3, 0.4) is 0 Å². The van der Waals surface area contributed by atoms with Gasteiger partial charge in [0, 0.05) is 17.5 Å². The third-order valence-electron chi connectivity index (χ3n) is 4.63. The van der Waals surface area contributed by atoms with E-state index < -0.39 is 5.76 Å². The monoisotopic (exact) mass is 377 g/mol. The normalized spacial score (nSPS) is 12.2. The first-order valence-corrected chi connectivity index (χ1v) is 8.88. The Morgan fingerprint density at radius 3 is 2.79 bits per heavy atom. The number of fused-ring (bicyclic) bond motifs is 1. The molecule has 4 rings (SSSR count). The number of hydrogen-bond acceptors (Lipinski definition) is 5. The Bertz CT molecular complexity index is 1190. The molecule has 4 aromatic rings. The number of para-hydroxylation sites is 2. The summed E-state index contributed by atoms with van der Waals surface area (Å²) in [5.74, 6) is -0.129. The second-order valence-corrected chi connectivity index (χ2v) is 6.50. The van der Waals surface area contributed by atoms with Crippen LogP contribution in [0.2, 0.25) is 0 Å². The second-order valence-electron chi connectivity index (χ2n) is 6.50. The predicted molar refractivity (Wildman–Crippen MR) is 103 cm³/mol. The molecule has 0 saturated heterocycles. The van der Waals surface area contributed by atoms with Crippen molar-refractivity contribution < 1.29 is 9.21 Å². The SMILES string of the molecule is Cc1c(C(C)NC(=O)Cn2c(=O)oc3ccccc32)cnn1-c1ccccn1. The summed E-state index contributed by atoms with van der Waals surface area (Å²) in [5.41, 5.74) is 2.82. The van der Waals surface area contributed by atoms with Crippen LogP contribution >= 0.6 is 0 Å². The summed E-state index contributed by atoms with van der Waals surface area (Å²) in [4.78, 5) is 28.9. The maximum atomic E-state index is 12.5. The lowest BCUT2D eigenvalue weighted by atomic mass is 10.1. The van der Waals surface area contributed by atoms with Gasteiger partial charge in [0.1, 0.15) is 6.54 Å². The second kappa shape index (κ2) is 7.15. The summed E-state index contributed by atoms with van der Waals surface area (Å²) in [6, 6.07) is 12.3. The van der Waals surface area contributed by atoms with Gasteiger partial charge in [0.15, 0.2) is 11.4 Å². The molecule has 1 N–H and O–H groups in total. The molecule has 142 valence electrons. The Morgan fingerprint density at radius 1 is 1.21 bits per heavy atom. The van der Waals surface area contributed by atoms with Crippen LogP contribution < -0.4 is 11.1 Å². The van der Waals surface area contributed by atoms with Crippen molar-refractivity contribution in [1.29, 1.82) is 0 Å². The summed E-state index contributed by atoms with van der Waals surface area (Å²) < 4.78 is 8.22. The molecule has 0 aliphatic carbocycles. The summed E-state index contributed by atoms with van der Waals surface area (Å²) in [6.07, 6.45) is 3.42. The molecule has 1 atom stereocenters. The first-order valence-electron chi connectivity index (χ1n) is 8.88. The van der Waals surface area contributed by atoms with Crippen molar-refractivity contribution in [2.45, 2.75) is 26.4 Å². The van der Waals surface area contributed by atoms with Gasteiger partial charge in [-0.15, -0.1) is 0 Å². The van der Waals surface area contributed by atoms with Gasteiger partial charge < -0.3 is 9.73 Å². The molecule has 1 aromatic carbocycles. The molecule has 0 saturated carbocycles. The number of rotatable bonds is 5. The molecular weight excluding hydrogens is 358 g/mol. The van der Waals surface area contributed by atoms with Gasteiger partial charge in [0.25, 0.3) is 0 Å². The van der Waals surface area contributed by atoms with Gasteiger partial charge in [-0.2, -0.15) is 5.10 Å². The van der Waals surface area contributed by atoms with E-state index in [0.717, 1.165) is 11.3 Å². The molecule has 3 heterocycles. The lowest BCUT2D eigenvalue weighted by Crippen LogP contribution is -2.32. The van der Waals surface area contributed by atoms with Gasteiger partial charge in [0.2, 0.25) is 5.91 Å². The summed E-state index contributed by atoms with van der Waals surface area (Å²) in [5, 5.41) is 7.30. The molecule has 0 radical (unpaired) electrons. The number of carbonyl (C=O) groups excluding carboxylic acids is 1. The molecule has 0 aliphatic rings. The largest absolute Gasteiger partial charge is 0.420 e. The van der Waals surface area contributed by atoms with Gasteiger partial charge in [-0.25, -0.2) is 14.5 Å². The van der Waals surface area contributed by atoms with E-state index in [9.17, 15) is 9.59 Å². The Kier molecular flexibility index (Phi) is 4.52. The number of pyridine rings is 1. The fourth-order valence-electron chi connectivity index (χ4n) is 3.23. The molecule has 0 aliphatic heterocycles. The number of benzene rings is 1. The standard InChI is InChI=1S/C20H19N5O3/c1-13(15-11-22-25(14(15)2)18-9-5-6-10-21-18)23-19(26)12-24-16-7-3-4-8-17(16)28-20(24)27/h3-11,13H,12H2,1-2H3,(H,23,26). The zero-order valence-electron chi connectivity index (χ0n) is 15.5. The number of carbonyl (C=O) groups is 1. The van der Waals surface area contributed by atoms with E-state index in [-0.39, 0.29) is 18.5 Å². The molecule has 0 fully saturated rings. The lowest BCUT2D eigenvalue weighted by Gasteiger charge is -2.14. The first kappa shape index (κ1) is 17.7. The maximum absolute atomic E-state index is 12.5. The number of aromatic nitrogens is 4. The maximum Gasteiger partial charge on any atom is 0.420 e. The van der Waals surface area contributed by atoms with Crippen LogP contribution in [0.5, 0.6) is 0 Å². The van der Waals surface area contributed by atoms with Crippen LogP contribution in [-0.2, 0) is 11.3 Å². The number of oxazole rings is 1. The lowest BCUT2D eigenvalue weighted by molar-refractivity contribution is -0.122. The predicted octanol–water partition coefficient (Wildman–Crippen LogP) is 2.36. The number of nitrogens with one attached hydrogen (secondary N) is 1. The van der Waals surface area contributed by atoms with Crippen LogP contribution in [0.25, 0.3) is 16.9 Å². The van der Waals surface area contributed by atoms with E-state index in [4.69, 9.17) is 4.42 Å². The molecular formula is C20H19N5O3. The van der Waals surface area contributed by atoms with Crippen LogP contribution in [0.1, 0.15) is 24.2 Å². The minimum atomic E-state index is -0.553. The minimum absolute atomic E-state index is 0.117. The fourth-order valence-corrected chi connectivity index (χ4v) is 3.23. The summed E-state index contributed by atoms with van der Waals surface area (Å²) >= 11 is 0. The third kappa shape index (κ3) is 3.20. The molecule has 0 bridgehead atoms. The van der Waals surface area contributed by atoms with Gasteiger partial charge >= 0.3 is 5.76 Å². The topological polar surface area (TPSA) is 95.0 Å². The van der Waals surface area contributed by atoms with Crippen LogP contribution in [0, 0.1) is 6.92 Å². The number of nitrogens with zero attached hydrogens (tertiary/aromatic N) is 4. The van der Waals surface area contributed by atoms with Crippen molar-refractivity contribution in [2.75, 3.05) is 0 Å². The van der Waals surface area contributed by atoms with Gasteiger partial charge in [0.05, 0.1) is 17.8 Å². The van der Waals surface area contributed by atoms with Crippen LogP contribution in [0.15, 0.2) is 64.1 Å². The van der Waals surface area contributed by atoms with E-state index in [1.54, 1.807) is 41.3 Å². The number of hydrogen-bond donors (Lipinski definition) is 1. The van der Waals surface area contributed by atoms with Crippen molar-refractivity contribution in [3.8, 4) is 5.82 Å². The minimum Gasteiger partial charge on any atom is -0.408 e. The Hall–Kier alpha value is -3.68. The highest BCUT2D eigenvalue weighted by Gasteiger charge is 2.18. The van der Waals surface area contributed by atoms with Crippen LogP contribution in [-0.4, -0.2) is 25.2 Å². The first-order chi connectivity index (χ1) is 13.5. The van der Waals surface area contributed by atoms with Crippen LogP contribution in [0.4, 0.5) is 0 Å². The zero-order valence-corrected chi connectivity index (χ0v) is 15.5. The quantitative estimate of drug-likeness (QED) is 0.576. The van der Waals surface area contributed by atoms with E-state index in [1.807, 2.05) is 32.0 Å². The average molecular weight is 377 g/mol. The molecule has 1 amide bonds. The van der Waals surface area contributed by atoms with E-state index in [2.05, 4.69) is 15.4 Å². The fraction of sp³-hybridized carbons (Fsp3) is 0.200. The van der Waals surface area contributed by atoms with Gasteiger partial charge in [-0.1, -0.05) is 18.2 Å². The summed E-state index contributed by atoms with van der Waals surface area (Å²) in [6.45, 7) is 3.68. The van der Waals surface area contributed by atoms with E-state index >= 15 is 0 Å². The highest BCUT2D eigenvalue weighted by Crippen LogP contribution is 2.19. The van der Waals surface area contributed by atoms with Crippen molar-refractivity contribution in [3.05, 3.63) is 76.7 Å². The molecule has 0 spiro atoms. The highest BCUT2D eigenvalue weighted by molar-refractivity contribution is 5.79. The van der Waals surface area contributed by atoms with Crippen molar-refractivity contribution in [2.24, 2.45) is 0 Å². The summed E-state index contributed by atoms with van der Waals surface area (Å²) in [7, 11) is 0. The van der Waals surface area contributed by atoms with Gasteiger partial charge in [-0.05, 0) is 38.1 Å². The number of amides is 1. The molecule has 28 heavy (non-hydrogen) atoms. The molecule has 8 heteroatoms. The smallest absolute Gasteiger partial charge is 0.408 e. The van der Waals surface area contributed by atoms with E-state index in [1.165, 1.54) is 4.57 Å². The van der Waals surface area contributed by atoms with Crippen molar-refractivity contribution in [3.63, 3.8) is 0 Å². The third-order valence-corrected chi connectivity index (χ3v) is 4.63. The van der Waals surface area contributed by atoms with E-state index in [0.29, 0.717) is 16.9 Å². The Morgan fingerprint density at radius 2 is 2.00 bits per heavy atom. The average Bonchev–Trinajstić information content (AvgIpc) is 3.22. The Balaban J connectivity index is 1.52. The van der Waals surface area contributed by atoms with Crippen molar-refractivity contribution in [1.82, 2.24) is 24.6 Å². The molecule has 8 nitrogen and oxygen atoms in total. The molecule has 3 aromatic heterocycles. The van der Waals surface area contributed by atoms with Crippen molar-refractivity contribution >= 4 is 17.0 Å². The van der Waals surface area contributed by atoms with Gasteiger partial charge in [-0.3, -0.25) is 9.36 Å². The molecule has 1 unspecified atom stereocenters. The Labute approximate surface area is 160 Å².